The molecule has 4 heteroatoms. The van der Waals surface area contributed by atoms with Crippen molar-refractivity contribution in [3.63, 3.8) is 0 Å². The maximum atomic E-state index is 11.8. The minimum absolute atomic E-state index is 0.0651. The standard InChI is InChI=1S/C17H22N2O2/c1-13(18-17(21)19-16-9-5-10-16)15-8-4-7-14(12-15)6-2-3-11-20/h4,7-8,12-13,16,20H,3,5,9-11H2,1H3,(H2,18,19,21). The first-order chi connectivity index (χ1) is 10.2. The monoisotopic (exact) mass is 286 g/mol. The zero-order valence-corrected chi connectivity index (χ0v) is 12.4. The number of hydrogen-bond acceptors (Lipinski definition) is 2. The number of hydrogen-bond donors (Lipinski definition) is 3. The van der Waals surface area contributed by atoms with E-state index < -0.39 is 0 Å². The number of carbonyl (C=O) groups is 1. The van der Waals surface area contributed by atoms with Crippen molar-refractivity contribution in [2.75, 3.05) is 6.61 Å². The van der Waals surface area contributed by atoms with Gasteiger partial charge in [0, 0.05) is 18.0 Å². The molecule has 2 rings (SSSR count). The van der Waals surface area contributed by atoms with Gasteiger partial charge in [0.1, 0.15) is 0 Å². The van der Waals surface area contributed by atoms with E-state index in [1.54, 1.807) is 0 Å². The molecule has 0 aliphatic heterocycles. The van der Waals surface area contributed by atoms with Gasteiger partial charge < -0.3 is 15.7 Å². The van der Waals surface area contributed by atoms with Crippen molar-refractivity contribution in [3.8, 4) is 11.8 Å². The van der Waals surface area contributed by atoms with Crippen LogP contribution in [0.4, 0.5) is 4.79 Å². The van der Waals surface area contributed by atoms with Crippen LogP contribution in [0.3, 0.4) is 0 Å². The molecule has 0 bridgehead atoms. The Labute approximate surface area is 125 Å². The summed E-state index contributed by atoms with van der Waals surface area (Å²) < 4.78 is 0. The molecule has 1 atom stereocenters. The molecule has 1 aliphatic carbocycles. The fourth-order valence-electron chi connectivity index (χ4n) is 2.17. The van der Waals surface area contributed by atoms with Crippen LogP contribution < -0.4 is 10.6 Å². The summed E-state index contributed by atoms with van der Waals surface area (Å²) in [4.78, 5) is 11.8. The number of amides is 2. The van der Waals surface area contributed by atoms with Crippen LogP contribution in [-0.4, -0.2) is 23.8 Å². The lowest BCUT2D eigenvalue weighted by molar-refractivity contribution is 0.225. The minimum Gasteiger partial charge on any atom is -0.395 e. The maximum Gasteiger partial charge on any atom is 0.315 e. The third kappa shape index (κ3) is 4.80. The van der Waals surface area contributed by atoms with Crippen LogP contribution in [0.15, 0.2) is 24.3 Å². The Morgan fingerprint density at radius 3 is 2.95 bits per heavy atom. The molecule has 0 radical (unpaired) electrons. The molecule has 112 valence electrons. The molecule has 1 aromatic rings. The Morgan fingerprint density at radius 1 is 1.48 bits per heavy atom. The second-order valence-electron chi connectivity index (χ2n) is 5.37. The Kier molecular flexibility index (Phi) is 5.65. The van der Waals surface area contributed by atoms with Crippen LogP contribution in [0.2, 0.25) is 0 Å². The molecule has 2 amide bonds. The van der Waals surface area contributed by atoms with Gasteiger partial charge in [-0.1, -0.05) is 24.0 Å². The van der Waals surface area contributed by atoms with Gasteiger partial charge in [-0.25, -0.2) is 4.79 Å². The van der Waals surface area contributed by atoms with Crippen LogP contribution >= 0.6 is 0 Å². The number of rotatable bonds is 4. The number of benzene rings is 1. The smallest absolute Gasteiger partial charge is 0.315 e. The zero-order valence-electron chi connectivity index (χ0n) is 12.4. The first kappa shape index (κ1) is 15.4. The highest BCUT2D eigenvalue weighted by molar-refractivity contribution is 5.74. The average Bonchev–Trinajstić information content (AvgIpc) is 2.43. The molecule has 1 unspecified atom stereocenters. The van der Waals surface area contributed by atoms with Gasteiger partial charge in [0.15, 0.2) is 0 Å². The summed E-state index contributed by atoms with van der Waals surface area (Å²) in [7, 11) is 0. The van der Waals surface area contributed by atoms with Gasteiger partial charge in [-0.2, -0.15) is 0 Å². The van der Waals surface area contributed by atoms with Crippen molar-refractivity contribution in [3.05, 3.63) is 35.4 Å². The topological polar surface area (TPSA) is 61.4 Å². The van der Waals surface area contributed by atoms with E-state index in [0.717, 1.165) is 24.0 Å². The summed E-state index contributed by atoms with van der Waals surface area (Å²) in [5.41, 5.74) is 1.92. The first-order valence-electron chi connectivity index (χ1n) is 7.46. The van der Waals surface area contributed by atoms with E-state index in [0.29, 0.717) is 12.5 Å². The van der Waals surface area contributed by atoms with Crippen LogP contribution in [0.25, 0.3) is 0 Å². The van der Waals surface area contributed by atoms with Gasteiger partial charge in [-0.3, -0.25) is 0 Å². The predicted octanol–water partition coefficient (Wildman–Crippen LogP) is 2.33. The van der Waals surface area contributed by atoms with Gasteiger partial charge in [-0.05, 0) is 43.9 Å². The summed E-state index contributed by atoms with van der Waals surface area (Å²) in [5.74, 6) is 5.91. The van der Waals surface area contributed by atoms with E-state index in [9.17, 15) is 4.79 Å². The van der Waals surface area contributed by atoms with Crippen LogP contribution in [0.1, 0.15) is 49.8 Å². The summed E-state index contributed by atoms with van der Waals surface area (Å²) in [6, 6.07) is 7.97. The van der Waals surface area contributed by atoms with Gasteiger partial charge in [0.05, 0.1) is 12.6 Å². The Bertz CT molecular complexity index is 541. The molecule has 1 aromatic carbocycles. The number of aliphatic hydroxyl groups is 1. The third-order valence-corrected chi connectivity index (χ3v) is 3.64. The Hall–Kier alpha value is -1.99. The maximum absolute atomic E-state index is 11.8. The molecule has 1 aliphatic rings. The van der Waals surface area contributed by atoms with E-state index in [1.165, 1.54) is 6.42 Å². The predicted molar refractivity (Wildman–Crippen MR) is 82.7 cm³/mol. The lowest BCUT2D eigenvalue weighted by Gasteiger charge is -2.27. The fourth-order valence-corrected chi connectivity index (χ4v) is 2.17. The molecule has 0 aromatic heterocycles. The lowest BCUT2D eigenvalue weighted by Crippen LogP contribution is -2.45. The number of aliphatic hydroxyl groups excluding tert-OH is 1. The van der Waals surface area contributed by atoms with E-state index in [1.807, 2.05) is 31.2 Å². The van der Waals surface area contributed by atoms with Crippen molar-refractivity contribution in [2.24, 2.45) is 0 Å². The molecule has 1 fully saturated rings. The van der Waals surface area contributed by atoms with Gasteiger partial charge in [0.2, 0.25) is 0 Å². The quantitative estimate of drug-likeness (QED) is 0.744. The normalized spacial score (nSPS) is 15.3. The number of nitrogens with one attached hydrogen (secondary N) is 2. The summed E-state index contributed by atoms with van der Waals surface area (Å²) in [5, 5.41) is 14.6. The van der Waals surface area contributed by atoms with Gasteiger partial charge in [-0.15, -0.1) is 0 Å². The van der Waals surface area contributed by atoms with Crippen molar-refractivity contribution in [1.82, 2.24) is 10.6 Å². The molecule has 0 saturated heterocycles. The lowest BCUT2D eigenvalue weighted by atomic mass is 9.93. The van der Waals surface area contributed by atoms with Crippen molar-refractivity contribution >= 4 is 6.03 Å². The highest BCUT2D eigenvalue weighted by Gasteiger charge is 2.20. The molecular formula is C17H22N2O2. The van der Waals surface area contributed by atoms with Gasteiger partial charge >= 0.3 is 6.03 Å². The van der Waals surface area contributed by atoms with Crippen molar-refractivity contribution in [1.29, 1.82) is 0 Å². The van der Waals surface area contributed by atoms with Crippen molar-refractivity contribution < 1.29 is 9.90 Å². The van der Waals surface area contributed by atoms with E-state index in [4.69, 9.17) is 5.11 Å². The SMILES string of the molecule is CC(NC(=O)NC1CCC1)c1cccc(C#CCCO)c1. The van der Waals surface area contributed by atoms with E-state index >= 15 is 0 Å². The Balaban J connectivity index is 1.92. The minimum atomic E-state index is -0.107. The average molecular weight is 286 g/mol. The van der Waals surface area contributed by atoms with Crippen molar-refractivity contribution in [2.45, 2.75) is 44.7 Å². The fraction of sp³-hybridized carbons (Fsp3) is 0.471. The molecule has 4 nitrogen and oxygen atoms in total. The third-order valence-electron chi connectivity index (χ3n) is 3.64. The molecule has 0 heterocycles. The molecule has 21 heavy (non-hydrogen) atoms. The number of carbonyl (C=O) groups excluding carboxylic acids is 1. The summed E-state index contributed by atoms with van der Waals surface area (Å²) in [6.07, 6.45) is 3.84. The van der Waals surface area contributed by atoms with E-state index in [2.05, 4.69) is 22.5 Å². The zero-order chi connectivity index (χ0) is 15.1. The van der Waals surface area contributed by atoms with Crippen LogP contribution in [0, 0.1) is 11.8 Å². The molecular weight excluding hydrogens is 264 g/mol. The van der Waals surface area contributed by atoms with Gasteiger partial charge in [0.25, 0.3) is 0 Å². The summed E-state index contributed by atoms with van der Waals surface area (Å²) >= 11 is 0. The highest BCUT2D eigenvalue weighted by Crippen LogP contribution is 2.18. The molecule has 3 N–H and O–H groups in total. The van der Waals surface area contributed by atoms with Crippen LogP contribution in [0.5, 0.6) is 0 Å². The van der Waals surface area contributed by atoms with Crippen LogP contribution in [-0.2, 0) is 0 Å². The highest BCUT2D eigenvalue weighted by atomic mass is 16.2. The molecule has 0 spiro atoms. The Morgan fingerprint density at radius 2 is 2.29 bits per heavy atom. The largest absolute Gasteiger partial charge is 0.395 e. The molecule has 1 saturated carbocycles. The number of urea groups is 1. The first-order valence-corrected chi connectivity index (χ1v) is 7.46. The second kappa shape index (κ2) is 7.70. The summed E-state index contributed by atoms with van der Waals surface area (Å²) in [6.45, 7) is 2.03. The second-order valence-corrected chi connectivity index (χ2v) is 5.37. The van der Waals surface area contributed by atoms with E-state index in [-0.39, 0.29) is 18.7 Å².